The molecule has 3 N–H and O–H groups in total. The summed E-state index contributed by atoms with van der Waals surface area (Å²) in [4.78, 5) is 24.6. The number of amides is 1. The maximum Gasteiger partial charge on any atom is 0.351 e. The van der Waals surface area contributed by atoms with Crippen LogP contribution in [0.15, 0.2) is 69.9 Å². The zero-order valence-corrected chi connectivity index (χ0v) is 12.8. The third-order valence-corrected chi connectivity index (χ3v) is 3.46. The molecule has 0 saturated carbocycles. The van der Waals surface area contributed by atoms with Gasteiger partial charge in [0, 0.05) is 17.3 Å². The van der Waals surface area contributed by atoms with E-state index in [1.54, 1.807) is 30.3 Å². The van der Waals surface area contributed by atoms with E-state index in [-0.39, 0.29) is 11.4 Å². The van der Waals surface area contributed by atoms with Crippen molar-refractivity contribution in [2.24, 2.45) is 0 Å². The number of nitrogens with one attached hydrogen (secondary N) is 2. The summed E-state index contributed by atoms with van der Waals surface area (Å²) in [5.74, 6) is -1.06. The van der Waals surface area contributed by atoms with Gasteiger partial charge in [0.15, 0.2) is 5.56 Å². The first-order chi connectivity index (χ1) is 12.1. The summed E-state index contributed by atoms with van der Waals surface area (Å²) in [5.41, 5.74) is 1.33. The van der Waals surface area contributed by atoms with Gasteiger partial charge in [0.1, 0.15) is 11.6 Å². The maximum absolute atomic E-state index is 12.9. The molecule has 1 heterocycles. The summed E-state index contributed by atoms with van der Waals surface area (Å²) in [6.07, 6.45) is 0. The van der Waals surface area contributed by atoms with Crippen LogP contribution >= 0.6 is 0 Å². The number of benzene rings is 2. The highest BCUT2D eigenvalue weighted by Gasteiger charge is 2.20. The minimum atomic E-state index is -0.919. The molecule has 3 aromatic rings. The molecule has 0 aliphatic carbocycles. The number of hydrogen-bond donors (Lipinski definition) is 3. The Bertz CT molecular complexity index is 953. The van der Waals surface area contributed by atoms with Crippen LogP contribution in [-0.2, 0) is 0 Å². The highest BCUT2D eigenvalue weighted by molar-refractivity contribution is 6.07. The first-order valence-electron chi connectivity index (χ1n) is 7.29. The molecule has 0 unspecified atom stereocenters. The van der Waals surface area contributed by atoms with Crippen LogP contribution in [0.3, 0.4) is 0 Å². The smallest absolute Gasteiger partial charge is 0.351 e. The van der Waals surface area contributed by atoms with Gasteiger partial charge in [-0.05, 0) is 24.3 Å². The summed E-state index contributed by atoms with van der Waals surface area (Å²) in [7, 11) is 0. The third kappa shape index (κ3) is 3.56. The molecule has 3 rings (SSSR count). The van der Waals surface area contributed by atoms with E-state index in [9.17, 15) is 19.2 Å². The van der Waals surface area contributed by atoms with Crippen LogP contribution < -0.4 is 16.4 Å². The van der Waals surface area contributed by atoms with Crippen molar-refractivity contribution in [1.82, 2.24) is 0 Å². The van der Waals surface area contributed by atoms with Gasteiger partial charge >= 0.3 is 5.63 Å². The van der Waals surface area contributed by atoms with E-state index in [0.717, 1.165) is 0 Å². The molecule has 126 valence electrons. The standard InChI is InChI=1S/C18H13FN2O4/c19-12-6-8-13(9-7-12)20-17(22)16-14(21-24)10-15(25-18(16)23)11-4-2-1-3-5-11/h1-10,21,24H,(H,20,22). The zero-order chi connectivity index (χ0) is 17.8. The molecule has 25 heavy (non-hydrogen) atoms. The Hall–Kier alpha value is -3.45. The van der Waals surface area contributed by atoms with Crippen LogP contribution in [0.1, 0.15) is 10.4 Å². The lowest BCUT2D eigenvalue weighted by Crippen LogP contribution is -2.23. The van der Waals surface area contributed by atoms with Crippen LogP contribution in [0.25, 0.3) is 11.3 Å². The molecule has 0 spiro atoms. The van der Waals surface area contributed by atoms with Crippen molar-refractivity contribution < 1.29 is 18.8 Å². The minimum absolute atomic E-state index is 0.102. The molecule has 6 nitrogen and oxygen atoms in total. The van der Waals surface area contributed by atoms with Gasteiger partial charge in [0.25, 0.3) is 5.91 Å². The highest BCUT2D eigenvalue weighted by Crippen LogP contribution is 2.23. The summed E-state index contributed by atoms with van der Waals surface area (Å²) >= 11 is 0. The van der Waals surface area contributed by atoms with E-state index >= 15 is 0 Å². The molecule has 2 aromatic carbocycles. The molecule has 7 heteroatoms. The number of rotatable bonds is 4. The van der Waals surface area contributed by atoms with Crippen LogP contribution in [-0.4, -0.2) is 11.1 Å². The van der Waals surface area contributed by atoms with Crippen molar-refractivity contribution in [3.8, 4) is 11.3 Å². The molecular weight excluding hydrogens is 327 g/mol. The van der Waals surface area contributed by atoms with E-state index in [0.29, 0.717) is 11.3 Å². The van der Waals surface area contributed by atoms with Crippen molar-refractivity contribution >= 4 is 17.3 Å². The van der Waals surface area contributed by atoms with Gasteiger partial charge in [-0.2, -0.15) is 0 Å². The highest BCUT2D eigenvalue weighted by atomic mass is 19.1. The van der Waals surface area contributed by atoms with Gasteiger partial charge in [-0.1, -0.05) is 30.3 Å². The van der Waals surface area contributed by atoms with Gasteiger partial charge < -0.3 is 9.73 Å². The topological polar surface area (TPSA) is 91.6 Å². The summed E-state index contributed by atoms with van der Waals surface area (Å²) in [5, 5.41) is 11.7. The van der Waals surface area contributed by atoms with Crippen molar-refractivity contribution in [3.05, 3.63) is 82.5 Å². The first-order valence-corrected chi connectivity index (χ1v) is 7.29. The fourth-order valence-corrected chi connectivity index (χ4v) is 2.27. The second-order valence-corrected chi connectivity index (χ2v) is 5.13. The monoisotopic (exact) mass is 340 g/mol. The van der Waals surface area contributed by atoms with E-state index < -0.39 is 22.9 Å². The minimum Gasteiger partial charge on any atom is -0.422 e. The van der Waals surface area contributed by atoms with E-state index in [1.807, 2.05) is 5.48 Å². The lowest BCUT2D eigenvalue weighted by atomic mass is 10.1. The van der Waals surface area contributed by atoms with E-state index in [1.165, 1.54) is 30.3 Å². The lowest BCUT2D eigenvalue weighted by molar-refractivity contribution is 0.102. The van der Waals surface area contributed by atoms with Crippen LogP contribution in [0.2, 0.25) is 0 Å². The van der Waals surface area contributed by atoms with Gasteiger partial charge in [-0.15, -0.1) is 0 Å². The number of anilines is 2. The quantitative estimate of drug-likeness (QED) is 0.632. The van der Waals surface area contributed by atoms with Crippen LogP contribution in [0.4, 0.5) is 15.8 Å². The average Bonchev–Trinajstić information content (AvgIpc) is 2.63. The molecule has 0 aliphatic heterocycles. The van der Waals surface area contributed by atoms with Gasteiger partial charge in [-0.25, -0.2) is 9.18 Å². The maximum atomic E-state index is 12.9. The van der Waals surface area contributed by atoms with Gasteiger partial charge in [0.05, 0.1) is 5.69 Å². The average molecular weight is 340 g/mol. The molecule has 1 amide bonds. The van der Waals surface area contributed by atoms with Gasteiger partial charge in [0.2, 0.25) is 0 Å². The molecule has 0 fully saturated rings. The Morgan fingerprint density at radius 3 is 2.36 bits per heavy atom. The molecular formula is C18H13FN2O4. The summed E-state index contributed by atoms with van der Waals surface area (Å²) in [6, 6.07) is 15.1. The lowest BCUT2D eigenvalue weighted by Gasteiger charge is -2.10. The first kappa shape index (κ1) is 16.4. The number of carbonyl (C=O) groups excluding carboxylic acids is 1. The van der Waals surface area contributed by atoms with Crippen LogP contribution in [0.5, 0.6) is 0 Å². The fourth-order valence-electron chi connectivity index (χ4n) is 2.27. The number of halogens is 1. The van der Waals surface area contributed by atoms with E-state index in [4.69, 9.17) is 4.42 Å². The second-order valence-electron chi connectivity index (χ2n) is 5.13. The summed E-state index contributed by atoms with van der Waals surface area (Å²) < 4.78 is 18.1. The van der Waals surface area contributed by atoms with Crippen molar-refractivity contribution in [3.63, 3.8) is 0 Å². The SMILES string of the molecule is O=C(Nc1ccc(F)cc1)c1c(NO)cc(-c2ccccc2)oc1=O. The Labute approximate surface area is 141 Å². The van der Waals surface area contributed by atoms with Crippen molar-refractivity contribution in [2.75, 3.05) is 10.8 Å². The summed E-state index contributed by atoms with van der Waals surface area (Å²) in [6.45, 7) is 0. The number of hydrogen-bond acceptors (Lipinski definition) is 5. The van der Waals surface area contributed by atoms with E-state index in [2.05, 4.69) is 5.32 Å². The Morgan fingerprint density at radius 1 is 1.04 bits per heavy atom. The predicted molar refractivity (Wildman–Crippen MR) is 90.2 cm³/mol. The molecule has 0 saturated heterocycles. The fraction of sp³-hybridized carbons (Fsp3) is 0. The van der Waals surface area contributed by atoms with Gasteiger partial charge in [-0.3, -0.25) is 15.5 Å². The zero-order valence-electron chi connectivity index (χ0n) is 12.8. The Balaban J connectivity index is 1.97. The van der Waals surface area contributed by atoms with Crippen LogP contribution in [0, 0.1) is 5.82 Å². The number of carbonyl (C=O) groups is 1. The molecule has 0 bridgehead atoms. The molecule has 0 aliphatic rings. The van der Waals surface area contributed by atoms with Crippen molar-refractivity contribution in [1.29, 1.82) is 0 Å². The molecule has 0 atom stereocenters. The van der Waals surface area contributed by atoms with Crippen molar-refractivity contribution in [2.45, 2.75) is 0 Å². The predicted octanol–water partition coefficient (Wildman–Crippen LogP) is 3.50. The Morgan fingerprint density at radius 2 is 1.72 bits per heavy atom. The molecule has 1 aromatic heterocycles. The normalized spacial score (nSPS) is 10.3. The second kappa shape index (κ2) is 6.98. The molecule has 0 radical (unpaired) electrons. The Kier molecular flexibility index (Phi) is 4.58. The largest absolute Gasteiger partial charge is 0.422 e. The third-order valence-electron chi connectivity index (χ3n) is 3.46.